The maximum Gasteiger partial charge on any atom is 0.472 e. The Morgan fingerprint density at radius 1 is 0.250 bits per heavy atom. The zero-order chi connectivity index (χ0) is 70.4. The van der Waals surface area contributed by atoms with E-state index in [-0.39, 0.29) is 25.7 Å². The number of hydrogen-bond donors (Lipinski definition) is 3. The molecule has 17 nitrogen and oxygen atoms in total. The molecule has 19 heteroatoms. The van der Waals surface area contributed by atoms with Crippen molar-refractivity contribution in [1.29, 1.82) is 0 Å². The van der Waals surface area contributed by atoms with Crippen molar-refractivity contribution >= 4 is 39.5 Å². The van der Waals surface area contributed by atoms with Gasteiger partial charge in [0.05, 0.1) is 26.4 Å². The van der Waals surface area contributed by atoms with Gasteiger partial charge in [0, 0.05) is 25.7 Å². The summed E-state index contributed by atoms with van der Waals surface area (Å²) in [6.45, 7) is 4.96. The number of esters is 4. The van der Waals surface area contributed by atoms with E-state index in [1.54, 1.807) is 0 Å². The molecule has 0 aromatic heterocycles. The van der Waals surface area contributed by atoms with Gasteiger partial charge in [0.1, 0.15) is 19.3 Å². The maximum atomic E-state index is 13.1. The van der Waals surface area contributed by atoms with E-state index in [9.17, 15) is 43.2 Å². The highest BCUT2D eigenvalue weighted by Gasteiger charge is 2.30. The molecule has 2 unspecified atom stereocenters. The molecule has 0 saturated carbocycles. The fourth-order valence-electron chi connectivity index (χ4n) is 11.9. The number of hydrogen-bond acceptors (Lipinski definition) is 15. The first-order chi connectivity index (χ1) is 46.7. The molecular formula is C77H150O17P2. The number of ether oxygens (including phenoxy) is 4. The Labute approximate surface area is 588 Å². The van der Waals surface area contributed by atoms with Crippen molar-refractivity contribution in [1.82, 2.24) is 0 Å². The predicted molar refractivity (Wildman–Crippen MR) is 391 cm³/mol. The number of aliphatic hydroxyl groups excluding tert-OH is 1. The average molecular weight is 1410 g/mol. The lowest BCUT2D eigenvalue weighted by Crippen LogP contribution is -2.30. The van der Waals surface area contributed by atoms with E-state index in [1.165, 1.54) is 231 Å². The largest absolute Gasteiger partial charge is 0.472 e. The molecular weight excluding hydrogens is 1260 g/mol. The number of rotatable bonds is 78. The molecule has 0 aliphatic rings. The fraction of sp³-hybridized carbons (Fsp3) is 0.948. The van der Waals surface area contributed by atoms with Crippen molar-refractivity contribution in [2.24, 2.45) is 0 Å². The quantitative estimate of drug-likeness (QED) is 0.0222. The van der Waals surface area contributed by atoms with Crippen molar-refractivity contribution < 1.29 is 80.2 Å². The Hall–Kier alpha value is -1.94. The maximum absolute atomic E-state index is 13.1. The monoisotopic (exact) mass is 1410 g/mol. The lowest BCUT2D eigenvalue weighted by molar-refractivity contribution is -0.161. The van der Waals surface area contributed by atoms with Crippen LogP contribution in [0.5, 0.6) is 0 Å². The van der Waals surface area contributed by atoms with Crippen LogP contribution in [-0.4, -0.2) is 96.7 Å². The molecule has 96 heavy (non-hydrogen) atoms. The molecule has 5 atom stereocenters. The Balaban J connectivity index is 5.18. The topological polar surface area (TPSA) is 237 Å². The van der Waals surface area contributed by atoms with Crippen molar-refractivity contribution in [2.75, 3.05) is 39.6 Å². The molecule has 0 amide bonds. The number of carbonyl (C=O) groups excluding carboxylic acids is 4. The molecule has 0 aliphatic carbocycles. The van der Waals surface area contributed by atoms with Crippen LogP contribution in [0.1, 0.15) is 413 Å². The first-order valence-electron chi connectivity index (χ1n) is 40.3. The van der Waals surface area contributed by atoms with Gasteiger partial charge < -0.3 is 33.8 Å². The van der Waals surface area contributed by atoms with E-state index in [2.05, 4.69) is 27.7 Å². The third kappa shape index (κ3) is 70.5. The van der Waals surface area contributed by atoms with E-state index in [0.29, 0.717) is 25.7 Å². The normalized spacial score (nSPS) is 13.9. The van der Waals surface area contributed by atoms with Crippen molar-refractivity contribution in [2.45, 2.75) is 431 Å². The van der Waals surface area contributed by atoms with Crippen LogP contribution < -0.4 is 0 Å². The van der Waals surface area contributed by atoms with Gasteiger partial charge >= 0.3 is 39.5 Å². The van der Waals surface area contributed by atoms with Crippen LogP contribution in [0, 0.1) is 0 Å². The van der Waals surface area contributed by atoms with Gasteiger partial charge in [0.15, 0.2) is 12.2 Å². The number of phosphoric ester groups is 2. The lowest BCUT2D eigenvalue weighted by Gasteiger charge is -2.21. The summed E-state index contributed by atoms with van der Waals surface area (Å²) in [7, 11) is -9.90. The molecule has 0 heterocycles. The smallest absolute Gasteiger partial charge is 0.462 e. The zero-order valence-corrected chi connectivity index (χ0v) is 64.1. The molecule has 0 spiro atoms. The molecule has 0 saturated heterocycles. The van der Waals surface area contributed by atoms with Gasteiger partial charge in [-0.15, -0.1) is 0 Å². The average Bonchev–Trinajstić information content (AvgIpc) is 3.65. The van der Waals surface area contributed by atoms with Crippen LogP contribution in [-0.2, 0) is 65.4 Å². The van der Waals surface area contributed by atoms with Gasteiger partial charge in [-0.25, -0.2) is 9.13 Å². The fourth-order valence-corrected chi connectivity index (χ4v) is 13.5. The summed E-state index contributed by atoms with van der Waals surface area (Å²) in [6, 6.07) is 0. The highest BCUT2D eigenvalue weighted by Crippen LogP contribution is 2.45. The van der Waals surface area contributed by atoms with Crippen LogP contribution in [0.3, 0.4) is 0 Å². The second kappa shape index (κ2) is 71.5. The number of unbranched alkanes of at least 4 members (excludes halogenated alkanes) is 52. The van der Waals surface area contributed by atoms with Gasteiger partial charge in [-0.3, -0.25) is 37.3 Å². The summed E-state index contributed by atoms with van der Waals surface area (Å²) in [4.78, 5) is 72.7. The number of phosphoric acid groups is 2. The van der Waals surface area contributed by atoms with Crippen LogP contribution >= 0.6 is 15.6 Å². The molecule has 0 rings (SSSR count). The van der Waals surface area contributed by atoms with Gasteiger partial charge in [-0.2, -0.15) is 0 Å². The van der Waals surface area contributed by atoms with Crippen LogP contribution in [0.2, 0.25) is 0 Å². The molecule has 0 radical (unpaired) electrons. The van der Waals surface area contributed by atoms with Gasteiger partial charge in [-0.1, -0.05) is 362 Å². The molecule has 0 bridgehead atoms. The second-order valence-electron chi connectivity index (χ2n) is 27.7. The van der Waals surface area contributed by atoms with E-state index in [4.69, 9.17) is 37.0 Å². The van der Waals surface area contributed by atoms with Crippen molar-refractivity contribution in [3.63, 3.8) is 0 Å². The summed E-state index contributed by atoms with van der Waals surface area (Å²) in [5.74, 6) is -2.11. The van der Waals surface area contributed by atoms with Gasteiger partial charge in [0.25, 0.3) is 0 Å². The Morgan fingerprint density at radius 2 is 0.417 bits per heavy atom. The minimum absolute atomic E-state index is 0.108. The summed E-state index contributed by atoms with van der Waals surface area (Å²) in [5.41, 5.74) is 0. The third-order valence-electron chi connectivity index (χ3n) is 18.1. The molecule has 3 N–H and O–H groups in total. The Kier molecular flexibility index (Phi) is 70.0. The standard InChI is InChI=1S/C77H150O17P2/c1-5-9-13-17-21-24-27-30-32-34-36-38-41-43-46-50-54-58-62-75(80)88-68-73(94-77(82)64-60-56-52-48-45-42-39-37-35-33-31-28-25-22-18-14-10-6-2)70-92-96(85,86)90-66-71(78)65-89-95(83,84)91-69-72(67-87-74(79)61-57-53-49-20-16-12-8-4)93-76(81)63-59-55-51-47-44-40-29-26-23-19-15-11-7-3/h71-73,78H,5-70H2,1-4H3,(H,83,84)(H,85,86)/t71-,72+,73+/m0/s1. The molecule has 0 aromatic rings. The van der Waals surface area contributed by atoms with Crippen LogP contribution in [0.25, 0.3) is 0 Å². The zero-order valence-electron chi connectivity index (χ0n) is 62.4. The second-order valence-corrected chi connectivity index (χ2v) is 30.7. The molecule has 0 aromatic carbocycles. The molecule has 0 aliphatic heterocycles. The van der Waals surface area contributed by atoms with Crippen molar-refractivity contribution in [3.05, 3.63) is 0 Å². The van der Waals surface area contributed by atoms with Gasteiger partial charge in [-0.05, 0) is 25.7 Å². The summed E-state index contributed by atoms with van der Waals surface area (Å²) in [5, 5.41) is 10.6. The van der Waals surface area contributed by atoms with Crippen LogP contribution in [0.4, 0.5) is 0 Å². The molecule has 0 fully saturated rings. The number of carbonyl (C=O) groups is 4. The SMILES string of the molecule is CCCCCCCCCCCCCCCCCCCCC(=O)OC[C@H](COP(=O)(O)OC[C@@H](O)COP(=O)(O)OC[C@@H](COC(=O)CCCCCCCCC)OC(=O)CCCCCCCCCCCCCCC)OC(=O)CCCCCCCCCCCCCCCCCCCC. The highest BCUT2D eigenvalue weighted by molar-refractivity contribution is 7.47. The van der Waals surface area contributed by atoms with E-state index >= 15 is 0 Å². The first kappa shape index (κ1) is 94.1. The van der Waals surface area contributed by atoms with Crippen molar-refractivity contribution in [3.8, 4) is 0 Å². The Morgan fingerprint density at radius 3 is 0.615 bits per heavy atom. The minimum Gasteiger partial charge on any atom is -0.462 e. The summed E-state index contributed by atoms with van der Waals surface area (Å²) < 4.78 is 68.5. The Bertz CT molecular complexity index is 1830. The summed E-state index contributed by atoms with van der Waals surface area (Å²) >= 11 is 0. The first-order valence-corrected chi connectivity index (χ1v) is 43.3. The predicted octanol–water partition coefficient (Wildman–Crippen LogP) is 23.0. The third-order valence-corrected chi connectivity index (χ3v) is 20.0. The minimum atomic E-state index is -4.96. The summed E-state index contributed by atoms with van der Waals surface area (Å²) in [6.07, 6.45) is 62.6. The molecule has 570 valence electrons. The lowest BCUT2D eigenvalue weighted by atomic mass is 10.0. The van der Waals surface area contributed by atoms with E-state index < -0.39 is 97.5 Å². The van der Waals surface area contributed by atoms with E-state index in [0.717, 1.165) is 103 Å². The van der Waals surface area contributed by atoms with E-state index in [1.807, 2.05) is 0 Å². The number of aliphatic hydroxyl groups is 1. The highest BCUT2D eigenvalue weighted by atomic mass is 31.2. The van der Waals surface area contributed by atoms with Gasteiger partial charge in [0.2, 0.25) is 0 Å². The van der Waals surface area contributed by atoms with Crippen LogP contribution in [0.15, 0.2) is 0 Å².